The molecule has 4 rings (SSSR count). The second-order valence-electron chi connectivity index (χ2n) is 8.12. The van der Waals surface area contributed by atoms with Gasteiger partial charge in [0.2, 0.25) is 11.7 Å². The van der Waals surface area contributed by atoms with Gasteiger partial charge >= 0.3 is 6.18 Å². The Morgan fingerprint density at radius 1 is 1.21 bits per heavy atom. The molecule has 11 heteroatoms. The highest BCUT2D eigenvalue weighted by atomic mass is 35.5. The topological polar surface area (TPSA) is 101 Å². The number of aromatic nitrogens is 2. The molecule has 7 nitrogen and oxygen atoms in total. The molecule has 1 fully saturated rings. The first-order valence-corrected chi connectivity index (χ1v) is 10.5. The standard InChI is InChI=1S/C23H24F3N5O2.ClH/c1-13-10-16(20-29-21(33-30-20)18-4-3-9-31(18)22(27)28)11-14(2)19(13)32-12-15-5-7-17(8-6-15)23(24,25)26;/h5-8,10-11,18H,3-4,9,12H2,1-2H3,(H3,27,28);1H/t18-;/m0./s1. The highest BCUT2D eigenvalue weighted by molar-refractivity contribution is 5.85. The molecule has 0 amide bonds. The molecular formula is C23H25ClF3N5O2. The van der Waals surface area contributed by atoms with E-state index in [1.807, 2.05) is 26.0 Å². The van der Waals surface area contributed by atoms with E-state index in [2.05, 4.69) is 10.1 Å². The van der Waals surface area contributed by atoms with Crippen molar-refractivity contribution in [1.82, 2.24) is 15.0 Å². The van der Waals surface area contributed by atoms with Gasteiger partial charge < -0.3 is 19.9 Å². The first-order valence-electron chi connectivity index (χ1n) is 10.5. The number of alkyl halides is 3. The summed E-state index contributed by atoms with van der Waals surface area (Å²) in [7, 11) is 0. The Morgan fingerprint density at radius 2 is 1.85 bits per heavy atom. The third-order valence-corrected chi connectivity index (χ3v) is 5.67. The molecule has 1 aliphatic rings. The fourth-order valence-corrected chi connectivity index (χ4v) is 4.05. The largest absolute Gasteiger partial charge is 0.488 e. The Kier molecular flexibility index (Phi) is 7.40. The van der Waals surface area contributed by atoms with E-state index in [1.165, 1.54) is 12.1 Å². The van der Waals surface area contributed by atoms with Gasteiger partial charge in [-0.2, -0.15) is 18.2 Å². The van der Waals surface area contributed by atoms with Gasteiger partial charge in [-0.1, -0.05) is 17.3 Å². The van der Waals surface area contributed by atoms with Gasteiger partial charge in [0.05, 0.1) is 5.56 Å². The minimum Gasteiger partial charge on any atom is -0.488 e. The number of nitrogens with zero attached hydrogens (tertiary/aromatic N) is 3. The van der Waals surface area contributed by atoms with Crippen LogP contribution in [0.15, 0.2) is 40.9 Å². The molecule has 2 heterocycles. The van der Waals surface area contributed by atoms with Crippen LogP contribution in [0.2, 0.25) is 0 Å². The van der Waals surface area contributed by atoms with Crippen molar-refractivity contribution in [2.45, 2.75) is 45.5 Å². The second-order valence-corrected chi connectivity index (χ2v) is 8.12. The van der Waals surface area contributed by atoms with Crippen LogP contribution in [0.5, 0.6) is 5.75 Å². The van der Waals surface area contributed by atoms with Crippen LogP contribution in [-0.4, -0.2) is 27.5 Å². The Balaban J connectivity index is 0.00000324. The molecule has 34 heavy (non-hydrogen) atoms. The number of hydrogen-bond donors (Lipinski definition) is 2. The van der Waals surface area contributed by atoms with Crippen LogP contribution in [0.25, 0.3) is 11.4 Å². The van der Waals surface area contributed by atoms with E-state index in [4.69, 9.17) is 20.4 Å². The van der Waals surface area contributed by atoms with Gasteiger partial charge in [-0.05, 0) is 67.6 Å². The van der Waals surface area contributed by atoms with E-state index in [1.54, 1.807) is 4.90 Å². The van der Waals surface area contributed by atoms with Gasteiger partial charge in [-0.25, -0.2) is 0 Å². The number of benzene rings is 2. The average molecular weight is 496 g/mol. The highest BCUT2D eigenvalue weighted by Gasteiger charge is 2.32. The number of hydrogen-bond acceptors (Lipinski definition) is 5. The maximum Gasteiger partial charge on any atom is 0.416 e. The Labute approximate surface area is 201 Å². The minimum absolute atomic E-state index is 0. The molecule has 3 N–H and O–H groups in total. The van der Waals surface area contributed by atoms with Crippen LogP contribution in [0, 0.1) is 19.3 Å². The van der Waals surface area contributed by atoms with E-state index in [9.17, 15) is 13.2 Å². The van der Waals surface area contributed by atoms with E-state index in [-0.39, 0.29) is 31.0 Å². The number of nitrogens with two attached hydrogens (primary N) is 1. The molecule has 1 aromatic heterocycles. The summed E-state index contributed by atoms with van der Waals surface area (Å²) in [5.41, 5.74) is 8.05. The van der Waals surface area contributed by atoms with Crippen molar-refractivity contribution in [3.63, 3.8) is 0 Å². The summed E-state index contributed by atoms with van der Waals surface area (Å²) in [6.07, 6.45) is -2.68. The predicted octanol–water partition coefficient (Wildman–Crippen LogP) is 5.40. The zero-order valence-corrected chi connectivity index (χ0v) is 19.5. The molecule has 0 spiro atoms. The molecule has 1 saturated heterocycles. The van der Waals surface area contributed by atoms with Crippen molar-refractivity contribution in [1.29, 1.82) is 5.41 Å². The number of nitrogens with one attached hydrogen (secondary N) is 1. The summed E-state index contributed by atoms with van der Waals surface area (Å²) in [6.45, 7) is 4.59. The van der Waals surface area contributed by atoms with Crippen molar-refractivity contribution < 1.29 is 22.4 Å². The number of halogens is 4. The summed E-state index contributed by atoms with van der Waals surface area (Å²) in [5.74, 6) is 1.50. The van der Waals surface area contributed by atoms with Crippen LogP contribution < -0.4 is 10.5 Å². The summed E-state index contributed by atoms with van der Waals surface area (Å²) >= 11 is 0. The smallest absolute Gasteiger partial charge is 0.416 e. The zero-order valence-electron chi connectivity index (χ0n) is 18.6. The van der Waals surface area contributed by atoms with Crippen molar-refractivity contribution in [3.05, 3.63) is 64.5 Å². The van der Waals surface area contributed by atoms with E-state index < -0.39 is 11.7 Å². The number of likely N-dealkylation sites (tertiary alicyclic amines) is 1. The summed E-state index contributed by atoms with van der Waals surface area (Å²) < 4.78 is 49.6. The van der Waals surface area contributed by atoms with Gasteiger partial charge in [0.1, 0.15) is 18.4 Å². The lowest BCUT2D eigenvalue weighted by Gasteiger charge is -2.21. The minimum atomic E-state index is -4.36. The third-order valence-electron chi connectivity index (χ3n) is 5.67. The monoisotopic (exact) mass is 495 g/mol. The number of aryl methyl sites for hydroxylation is 2. The molecule has 1 aliphatic heterocycles. The molecule has 1 atom stereocenters. The lowest BCUT2D eigenvalue weighted by atomic mass is 10.0. The maximum atomic E-state index is 12.7. The molecule has 0 bridgehead atoms. The Morgan fingerprint density at radius 3 is 2.44 bits per heavy atom. The molecule has 182 valence electrons. The second kappa shape index (κ2) is 9.92. The molecule has 0 unspecified atom stereocenters. The molecule has 0 radical (unpaired) electrons. The van der Waals surface area contributed by atoms with Gasteiger partial charge in [0.15, 0.2) is 5.96 Å². The molecular weight excluding hydrogens is 471 g/mol. The lowest BCUT2D eigenvalue weighted by Crippen LogP contribution is -2.35. The maximum absolute atomic E-state index is 12.7. The van der Waals surface area contributed by atoms with Gasteiger partial charge in [-0.15, -0.1) is 12.4 Å². The van der Waals surface area contributed by atoms with E-state index in [0.717, 1.165) is 41.7 Å². The van der Waals surface area contributed by atoms with E-state index in [0.29, 0.717) is 29.6 Å². The first kappa shape index (κ1) is 25.4. The summed E-state index contributed by atoms with van der Waals surface area (Å²) in [6, 6.07) is 8.48. The molecule has 3 aromatic rings. The van der Waals surface area contributed by atoms with Crippen molar-refractivity contribution in [2.75, 3.05) is 6.54 Å². The van der Waals surface area contributed by atoms with Gasteiger partial charge in [0.25, 0.3) is 0 Å². The zero-order chi connectivity index (χ0) is 23.8. The normalized spacial score (nSPS) is 15.8. The predicted molar refractivity (Wildman–Crippen MR) is 123 cm³/mol. The molecule has 0 aliphatic carbocycles. The Bertz CT molecular complexity index is 1140. The summed E-state index contributed by atoms with van der Waals surface area (Å²) in [5, 5.41) is 11.8. The highest BCUT2D eigenvalue weighted by Crippen LogP contribution is 2.34. The van der Waals surface area contributed by atoms with Crippen LogP contribution in [0.1, 0.15) is 47.0 Å². The SMILES string of the molecule is Cc1cc(-c2noc([C@@H]3CCCN3C(=N)N)n2)cc(C)c1OCc1ccc(C(F)(F)F)cc1.Cl. The number of ether oxygens (including phenoxy) is 1. The van der Waals surface area contributed by atoms with Gasteiger partial charge in [0, 0.05) is 12.1 Å². The molecule has 2 aromatic carbocycles. The van der Waals surface area contributed by atoms with Crippen LogP contribution >= 0.6 is 12.4 Å². The van der Waals surface area contributed by atoms with Crippen LogP contribution in [0.3, 0.4) is 0 Å². The fourth-order valence-electron chi connectivity index (χ4n) is 4.05. The summed E-state index contributed by atoms with van der Waals surface area (Å²) in [4.78, 5) is 6.27. The first-order chi connectivity index (χ1) is 15.6. The molecule has 0 saturated carbocycles. The lowest BCUT2D eigenvalue weighted by molar-refractivity contribution is -0.137. The third kappa shape index (κ3) is 5.27. The van der Waals surface area contributed by atoms with Crippen LogP contribution in [0.4, 0.5) is 13.2 Å². The quantitative estimate of drug-likeness (QED) is 0.363. The Hall–Kier alpha value is -3.27. The number of rotatable bonds is 5. The van der Waals surface area contributed by atoms with Crippen molar-refractivity contribution in [3.8, 4) is 17.1 Å². The average Bonchev–Trinajstić information content (AvgIpc) is 3.42. The van der Waals surface area contributed by atoms with Crippen LogP contribution in [-0.2, 0) is 12.8 Å². The fraction of sp³-hybridized carbons (Fsp3) is 0.348. The number of guanidine groups is 1. The van der Waals surface area contributed by atoms with E-state index >= 15 is 0 Å². The van der Waals surface area contributed by atoms with Gasteiger partial charge in [-0.3, -0.25) is 5.41 Å². The van der Waals surface area contributed by atoms with Crippen molar-refractivity contribution >= 4 is 18.4 Å². The van der Waals surface area contributed by atoms with Crippen molar-refractivity contribution in [2.24, 2.45) is 5.73 Å².